The summed E-state index contributed by atoms with van der Waals surface area (Å²) >= 11 is 0. The van der Waals surface area contributed by atoms with Crippen LogP contribution in [0.15, 0.2) is 6.33 Å². The summed E-state index contributed by atoms with van der Waals surface area (Å²) in [4.78, 5) is 16.7. The molecule has 1 rings (SSSR count). The Labute approximate surface area is 87.6 Å². The molecule has 0 radical (unpaired) electrons. The number of hydrogen-bond donors (Lipinski definition) is 2. The molecular formula is C8H12N6O. The molecule has 0 aliphatic carbocycles. The molecule has 0 saturated carbocycles. The summed E-state index contributed by atoms with van der Waals surface area (Å²) in [6.07, 6.45) is 5.81. The Morgan fingerprint density at radius 2 is 2.40 bits per heavy atom. The van der Waals surface area contributed by atoms with Gasteiger partial charge in [0.2, 0.25) is 5.95 Å². The largest absolute Gasteiger partial charge is 0.328 e. The third-order valence-corrected chi connectivity index (χ3v) is 1.58. The van der Waals surface area contributed by atoms with Crippen LogP contribution in [0, 0.1) is 12.3 Å². The van der Waals surface area contributed by atoms with Crippen molar-refractivity contribution in [2.45, 2.75) is 6.17 Å². The van der Waals surface area contributed by atoms with Crippen molar-refractivity contribution < 1.29 is 4.84 Å². The fraction of sp³-hybridized carbons (Fsp3) is 0.375. The zero-order valence-corrected chi connectivity index (χ0v) is 8.51. The van der Waals surface area contributed by atoms with E-state index in [1.165, 1.54) is 18.5 Å². The molecular weight excluding hydrogens is 196 g/mol. The number of nitrogens with zero attached hydrogens (tertiary/aromatic N) is 4. The topological polar surface area (TPSA) is 89.2 Å². The highest BCUT2D eigenvalue weighted by atomic mass is 16.7. The van der Waals surface area contributed by atoms with Gasteiger partial charge in [0, 0.05) is 7.05 Å². The molecule has 0 spiro atoms. The Morgan fingerprint density at radius 1 is 1.67 bits per heavy atom. The van der Waals surface area contributed by atoms with Gasteiger partial charge < -0.3 is 11.1 Å². The van der Waals surface area contributed by atoms with E-state index in [1.807, 2.05) is 0 Å². The first-order valence-electron chi connectivity index (χ1n) is 4.12. The Kier molecular flexibility index (Phi) is 3.79. The highest BCUT2D eigenvalue weighted by Gasteiger charge is 2.06. The van der Waals surface area contributed by atoms with Crippen LogP contribution in [0.2, 0.25) is 0 Å². The van der Waals surface area contributed by atoms with Crippen molar-refractivity contribution in [3.05, 3.63) is 6.33 Å². The van der Waals surface area contributed by atoms with E-state index in [4.69, 9.17) is 17.0 Å². The fourth-order valence-electron chi connectivity index (χ4n) is 0.771. The SMILES string of the molecule is C#CC(N)Nc1ncnc(N(C)OC)n1. The van der Waals surface area contributed by atoms with E-state index in [2.05, 4.69) is 26.2 Å². The van der Waals surface area contributed by atoms with Crippen LogP contribution in [0.5, 0.6) is 0 Å². The summed E-state index contributed by atoms with van der Waals surface area (Å²) in [6, 6.07) is 0. The van der Waals surface area contributed by atoms with Crippen LogP contribution in [0.4, 0.5) is 11.9 Å². The van der Waals surface area contributed by atoms with E-state index in [0.29, 0.717) is 11.9 Å². The molecule has 0 fully saturated rings. The molecule has 1 heterocycles. The number of anilines is 2. The first kappa shape index (κ1) is 11.2. The minimum atomic E-state index is -0.631. The second-order valence-corrected chi connectivity index (χ2v) is 2.58. The fourth-order valence-corrected chi connectivity index (χ4v) is 0.771. The van der Waals surface area contributed by atoms with Crippen LogP contribution in [0.3, 0.4) is 0 Å². The number of nitrogens with one attached hydrogen (secondary N) is 1. The molecule has 1 aromatic heterocycles. The quantitative estimate of drug-likeness (QED) is 0.380. The number of aromatic nitrogens is 3. The smallest absolute Gasteiger partial charge is 0.254 e. The molecule has 1 unspecified atom stereocenters. The van der Waals surface area contributed by atoms with E-state index >= 15 is 0 Å². The van der Waals surface area contributed by atoms with E-state index in [0.717, 1.165) is 0 Å². The van der Waals surface area contributed by atoms with Gasteiger partial charge in [-0.2, -0.15) is 9.97 Å². The summed E-state index contributed by atoms with van der Waals surface area (Å²) in [5.74, 6) is 2.96. The lowest BCUT2D eigenvalue weighted by molar-refractivity contribution is 0.180. The monoisotopic (exact) mass is 208 g/mol. The van der Waals surface area contributed by atoms with E-state index in [1.54, 1.807) is 7.05 Å². The Bertz CT molecular complexity index is 362. The zero-order chi connectivity index (χ0) is 11.3. The summed E-state index contributed by atoms with van der Waals surface area (Å²) in [5.41, 5.74) is 5.47. The van der Waals surface area contributed by atoms with Gasteiger partial charge in [0.05, 0.1) is 7.11 Å². The summed E-state index contributed by atoms with van der Waals surface area (Å²) in [5, 5.41) is 4.09. The number of hydroxylamine groups is 1. The van der Waals surface area contributed by atoms with Crippen molar-refractivity contribution in [3.63, 3.8) is 0 Å². The van der Waals surface area contributed by atoms with Gasteiger partial charge in [-0.05, 0) is 0 Å². The van der Waals surface area contributed by atoms with Crippen LogP contribution >= 0.6 is 0 Å². The standard InChI is InChI=1S/C8H12N6O/c1-4-6(9)12-7-10-5-11-8(13-7)14(2)15-3/h1,5-6H,9H2,2-3H3,(H,10,11,12,13). The number of hydrogen-bond acceptors (Lipinski definition) is 7. The van der Waals surface area contributed by atoms with Crippen LogP contribution in [0.25, 0.3) is 0 Å². The molecule has 15 heavy (non-hydrogen) atoms. The molecule has 80 valence electrons. The van der Waals surface area contributed by atoms with Crippen LogP contribution in [0.1, 0.15) is 0 Å². The predicted molar refractivity (Wildman–Crippen MR) is 55.7 cm³/mol. The summed E-state index contributed by atoms with van der Waals surface area (Å²) < 4.78 is 0. The maximum atomic E-state index is 5.47. The molecule has 3 N–H and O–H groups in total. The maximum absolute atomic E-state index is 5.47. The first-order chi connectivity index (χ1) is 7.17. The first-order valence-corrected chi connectivity index (χ1v) is 4.12. The molecule has 7 heteroatoms. The Hall–Kier alpha value is -1.91. The lowest BCUT2D eigenvalue weighted by atomic mass is 10.5. The van der Waals surface area contributed by atoms with Crippen molar-refractivity contribution in [1.29, 1.82) is 0 Å². The highest BCUT2D eigenvalue weighted by molar-refractivity contribution is 5.34. The normalized spacial score (nSPS) is 11.6. The van der Waals surface area contributed by atoms with Gasteiger partial charge in [-0.3, -0.25) is 4.84 Å². The average Bonchev–Trinajstić information content (AvgIpc) is 2.28. The number of terminal acetylenes is 1. The van der Waals surface area contributed by atoms with E-state index in [9.17, 15) is 0 Å². The molecule has 0 aliphatic rings. The van der Waals surface area contributed by atoms with Crippen LogP contribution < -0.4 is 16.1 Å². The van der Waals surface area contributed by atoms with E-state index < -0.39 is 6.17 Å². The molecule has 0 amide bonds. The third kappa shape index (κ3) is 3.05. The van der Waals surface area contributed by atoms with E-state index in [-0.39, 0.29) is 0 Å². The van der Waals surface area contributed by atoms with Gasteiger partial charge in [-0.15, -0.1) is 6.42 Å². The van der Waals surface area contributed by atoms with Crippen molar-refractivity contribution in [2.75, 3.05) is 24.5 Å². The third-order valence-electron chi connectivity index (χ3n) is 1.58. The van der Waals surface area contributed by atoms with Crippen LogP contribution in [-0.2, 0) is 4.84 Å². The van der Waals surface area contributed by atoms with Gasteiger partial charge in [-0.25, -0.2) is 10.0 Å². The van der Waals surface area contributed by atoms with Crippen molar-refractivity contribution in [3.8, 4) is 12.3 Å². The molecule has 0 saturated heterocycles. The van der Waals surface area contributed by atoms with Crippen LogP contribution in [-0.4, -0.2) is 35.3 Å². The molecule has 1 aromatic rings. The van der Waals surface area contributed by atoms with Gasteiger partial charge in [0.25, 0.3) is 5.95 Å². The van der Waals surface area contributed by atoms with Crippen molar-refractivity contribution in [2.24, 2.45) is 5.73 Å². The van der Waals surface area contributed by atoms with Crippen molar-refractivity contribution in [1.82, 2.24) is 15.0 Å². The average molecular weight is 208 g/mol. The highest BCUT2D eigenvalue weighted by Crippen LogP contribution is 2.06. The predicted octanol–water partition coefficient (Wildman–Crippen LogP) is -0.801. The number of rotatable bonds is 4. The summed E-state index contributed by atoms with van der Waals surface area (Å²) in [7, 11) is 3.17. The molecule has 0 bridgehead atoms. The Balaban J connectivity index is 2.79. The molecule has 0 aromatic carbocycles. The lowest BCUT2D eigenvalue weighted by Crippen LogP contribution is -2.29. The number of nitrogens with two attached hydrogens (primary N) is 1. The molecule has 1 atom stereocenters. The van der Waals surface area contributed by atoms with Gasteiger partial charge in [0.1, 0.15) is 12.5 Å². The zero-order valence-electron chi connectivity index (χ0n) is 8.51. The van der Waals surface area contributed by atoms with Gasteiger partial charge >= 0.3 is 0 Å². The second-order valence-electron chi connectivity index (χ2n) is 2.58. The van der Waals surface area contributed by atoms with Gasteiger partial charge in [-0.1, -0.05) is 5.92 Å². The van der Waals surface area contributed by atoms with Gasteiger partial charge in [0.15, 0.2) is 0 Å². The minimum Gasteiger partial charge on any atom is -0.328 e. The molecule has 7 nitrogen and oxygen atoms in total. The minimum absolute atomic E-state index is 0.300. The Morgan fingerprint density at radius 3 is 3.00 bits per heavy atom. The summed E-state index contributed by atoms with van der Waals surface area (Å²) in [6.45, 7) is 0. The second kappa shape index (κ2) is 5.09. The molecule has 0 aliphatic heterocycles. The lowest BCUT2D eigenvalue weighted by Gasteiger charge is -2.14. The maximum Gasteiger partial charge on any atom is 0.254 e. The van der Waals surface area contributed by atoms with Crippen molar-refractivity contribution >= 4 is 11.9 Å².